The summed E-state index contributed by atoms with van der Waals surface area (Å²) in [5.74, 6) is 0.859. The maximum Gasteiger partial charge on any atom is 0.241 e. The summed E-state index contributed by atoms with van der Waals surface area (Å²) in [6, 6.07) is 138. The van der Waals surface area contributed by atoms with Crippen molar-refractivity contribution in [1.29, 1.82) is 0 Å². The molecule has 6 aliphatic rings. The monoisotopic (exact) mass is 1770 g/mol. The van der Waals surface area contributed by atoms with E-state index < -0.39 is 27.8 Å². The van der Waals surface area contributed by atoms with Crippen LogP contribution in [-0.2, 0) is 52.3 Å². The summed E-state index contributed by atoms with van der Waals surface area (Å²) in [6.07, 6.45) is 15.9. The highest BCUT2D eigenvalue weighted by Crippen LogP contribution is 2.59. The van der Waals surface area contributed by atoms with Crippen LogP contribution in [0.2, 0.25) is 0 Å². The zero-order valence-electron chi connectivity index (χ0n) is 76.0. The lowest BCUT2D eigenvalue weighted by Gasteiger charge is -2.45. The summed E-state index contributed by atoms with van der Waals surface area (Å²) >= 11 is 0. The molecule has 0 radical (unpaired) electrons. The highest BCUT2D eigenvalue weighted by molar-refractivity contribution is 7.91. The number of nitrogens with zero attached hydrogens (tertiary/aromatic N) is 8. The molecule has 0 N–H and O–H groups in total. The third-order valence-electron chi connectivity index (χ3n) is 28.9. The lowest BCUT2D eigenvalue weighted by atomic mass is 9.57. The molecule has 7 aromatic heterocycles. The lowest BCUT2D eigenvalue weighted by Crippen LogP contribution is -2.45. The predicted molar refractivity (Wildman–Crippen MR) is 539 cm³/mol. The third kappa shape index (κ3) is 14.0. The molecule has 652 valence electrons. The molecule has 0 bridgehead atoms. The van der Waals surface area contributed by atoms with Gasteiger partial charge in [-0.05, 0) is 201 Å². The molecule has 9 heterocycles. The molecule has 13 heteroatoms. The van der Waals surface area contributed by atoms with Gasteiger partial charge < -0.3 is 4.57 Å². The van der Waals surface area contributed by atoms with Crippen molar-refractivity contribution < 1.29 is 13.0 Å². The Morgan fingerprint density at radius 3 is 0.925 bits per heavy atom. The van der Waals surface area contributed by atoms with Gasteiger partial charge in [0.25, 0.3) is 0 Å². The van der Waals surface area contributed by atoms with Gasteiger partial charge in [-0.25, -0.2) is 28.4 Å². The molecule has 2 atom stereocenters. The van der Waals surface area contributed by atoms with Crippen molar-refractivity contribution in [2.24, 2.45) is 0 Å². The Morgan fingerprint density at radius 2 is 0.507 bits per heavy atom. The largest absolute Gasteiger partial charge is 0.307 e. The van der Waals surface area contributed by atoms with Gasteiger partial charge in [-0.2, -0.15) is 0 Å². The summed E-state index contributed by atoms with van der Waals surface area (Å²) in [7, 11) is -6.76. The summed E-state index contributed by atoms with van der Waals surface area (Å²) < 4.78 is 40.5. The van der Waals surface area contributed by atoms with Gasteiger partial charge in [-0.1, -0.05) is 372 Å². The number of hydrogen-bond acceptors (Lipinski definition) is 11. The molecule has 134 heavy (non-hydrogen) atoms. The number of rotatable bonds is 7. The molecule has 2 aliphatic heterocycles. The van der Waals surface area contributed by atoms with Crippen molar-refractivity contribution >= 4 is 33.0 Å². The smallest absolute Gasteiger partial charge is 0.241 e. The molecule has 11 nitrogen and oxygen atoms in total. The minimum Gasteiger partial charge on any atom is -0.307 e. The fourth-order valence-electron chi connectivity index (χ4n) is 21.9. The highest BCUT2D eigenvalue weighted by Gasteiger charge is 2.52. The van der Waals surface area contributed by atoms with Gasteiger partial charge in [-0.3, -0.25) is 19.9 Å². The van der Waals surface area contributed by atoms with Crippen LogP contribution in [0.4, 0.5) is 0 Å². The molecule has 0 saturated carbocycles. The first-order chi connectivity index (χ1) is 65.2. The van der Waals surface area contributed by atoms with E-state index in [1.54, 1.807) is 18.3 Å². The quantitative estimate of drug-likeness (QED) is 0.140. The lowest BCUT2D eigenvalue weighted by molar-refractivity contribution is 0.541. The Morgan fingerprint density at radius 1 is 0.224 bits per heavy atom. The Hall–Kier alpha value is -15.2. The molecule has 4 aliphatic carbocycles. The van der Waals surface area contributed by atoms with Crippen LogP contribution in [0.1, 0.15) is 167 Å². The van der Waals surface area contributed by atoms with Gasteiger partial charge in [0.2, 0.25) is 9.84 Å². The number of hydrogen-bond donors (Lipinski definition) is 0. The average Bonchev–Trinajstić information content (AvgIpc) is 1.72. The van der Waals surface area contributed by atoms with Crippen LogP contribution in [0.25, 0.3) is 33.6 Å². The van der Waals surface area contributed by atoms with Crippen LogP contribution in [-0.4, -0.2) is 48.3 Å². The second-order valence-corrected chi connectivity index (χ2v) is 40.7. The number of benzene rings is 12. The minimum absolute atomic E-state index is 0.0292. The fourth-order valence-corrected chi connectivity index (χ4v) is 26.8. The first-order valence-corrected chi connectivity index (χ1v) is 48.7. The fraction of sp³-hybridized carbons (Fsp3) is 0.124. The first kappa shape index (κ1) is 86.8. The normalized spacial score (nSPS) is 17.2. The van der Waals surface area contributed by atoms with E-state index in [1.165, 1.54) is 113 Å². The van der Waals surface area contributed by atoms with Crippen molar-refractivity contribution in [3.8, 4) is 33.6 Å². The Kier molecular flexibility index (Phi) is 22.6. The van der Waals surface area contributed by atoms with Crippen LogP contribution in [0.5, 0.6) is 0 Å². The molecule has 0 fully saturated rings. The maximum atomic E-state index is 14.7. The molecular weight excluding hydrogens is 1680 g/mol. The molecule has 19 aromatic rings. The topological polar surface area (TPSA) is 154 Å². The van der Waals surface area contributed by atoms with E-state index in [0.29, 0.717) is 16.6 Å². The van der Waals surface area contributed by atoms with Crippen LogP contribution in [0, 0.1) is 0 Å². The van der Waals surface area contributed by atoms with Gasteiger partial charge in [0.15, 0.2) is 17.2 Å². The van der Waals surface area contributed by atoms with Crippen molar-refractivity contribution in [3.63, 3.8) is 0 Å². The number of pyridine rings is 6. The SMILES string of the molecule is CC1(C)c2ccccc2C(C)(c2ccccc2)c2ccccc21.CC1(c2ccccc2)c2ccccc2P(=O)(c2ccccc2)c2ncccc21.CC1(c2ccccc2)c2cccnc2-c2ncccc21.CC1(c2ccccc2)c2cccnc2S(=O)(=O)c2ncccc21.CC1(c2cccnc2)c2ccccc2-c2ccccc21.CC1(c2ncccn2)c2ccccc2-c2ccccc21. The standard InChI is InChI=1S/C25H20NOP.C23H22.C19H15N.C18H14N2O2S.2C18H14N2/c1-25(19-11-4-2-5-12-19)21-15-8-9-17-23(21)28(27,20-13-6-3-7-14-20)24-22(25)16-10-18-26-24;1-22(2)18-13-7-9-15-20(18)23(3,17-11-5-4-6-12-17)21-16-10-8-14-19(21)22;1-19(14-7-6-12-20-13-14)17-10-4-2-8-15(17)16-9-3-5-11-18(16)19;1-18(13-7-3-2-4-8-13)14-9-5-11-19-16(14)23(21,22)17-15(18)10-6-12-20-17;1-18(17-19-11-6-12-20-17)15-9-4-2-7-13(15)14-8-3-5-10-16(14)18;1-18(13-7-3-2-4-8-13)14-9-5-11-19-16(14)17-15(18)10-6-12-20-17/h2-18H,1H3;4-16H,1-3H3;2-13H,1H3;2-12H,1H3;2*2-12H,1H3. The van der Waals surface area contributed by atoms with Crippen LogP contribution >= 0.6 is 7.14 Å². The van der Waals surface area contributed by atoms with Crippen molar-refractivity contribution in [2.45, 2.75) is 103 Å². The van der Waals surface area contributed by atoms with Gasteiger partial charge in [-0.15, -0.1) is 0 Å². The highest BCUT2D eigenvalue weighted by atomic mass is 32.2. The van der Waals surface area contributed by atoms with Gasteiger partial charge >= 0.3 is 0 Å². The van der Waals surface area contributed by atoms with E-state index in [4.69, 9.17) is 4.98 Å². The van der Waals surface area contributed by atoms with Crippen molar-refractivity contribution in [2.75, 3.05) is 0 Å². The minimum atomic E-state index is -3.70. The summed E-state index contributed by atoms with van der Waals surface area (Å²) in [6.45, 7) is 18.1. The molecule has 12 aromatic carbocycles. The van der Waals surface area contributed by atoms with E-state index in [1.807, 2.05) is 171 Å². The van der Waals surface area contributed by atoms with E-state index in [9.17, 15) is 13.0 Å². The average molecular weight is 1780 g/mol. The van der Waals surface area contributed by atoms with E-state index in [2.05, 4.69) is 344 Å². The molecule has 25 rings (SSSR count). The number of aromatic nitrogens is 8. The third-order valence-corrected chi connectivity index (χ3v) is 33.7. The zero-order valence-corrected chi connectivity index (χ0v) is 77.7. The molecule has 0 spiro atoms. The summed E-state index contributed by atoms with van der Waals surface area (Å²) in [5.41, 5.74) is 29.4. The van der Waals surface area contributed by atoms with Gasteiger partial charge in [0.05, 0.1) is 16.8 Å². The van der Waals surface area contributed by atoms with E-state index in [-0.39, 0.29) is 37.1 Å². The maximum absolute atomic E-state index is 14.7. The first-order valence-electron chi connectivity index (χ1n) is 45.5. The molecule has 0 amide bonds. The van der Waals surface area contributed by atoms with Gasteiger partial charge in [0.1, 0.15) is 11.3 Å². The molecule has 2 unspecified atom stereocenters. The number of sulfone groups is 1. The Bertz CT molecular complexity index is 7150. The molecular formula is C121H99N8O3PS. The predicted octanol–water partition coefficient (Wildman–Crippen LogP) is 25.1. The van der Waals surface area contributed by atoms with Crippen LogP contribution in [0.3, 0.4) is 0 Å². The molecule has 0 saturated heterocycles. The van der Waals surface area contributed by atoms with Gasteiger partial charge in [0, 0.05) is 110 Å². The second kappa shape index (κ2) is 34.8. The zero-order chi connectivity index (χ0) is 92.1. The van der Waals surface area contributed by atoms with E-state index >= 15 is 0 Å². The van der Waals surface area contributed by atoms with E-state index in [0.717, 1.165) is 44.5 Å². The van der Waals surface area contributed by atoms with Crippen molar-refractivity contribution in [3.05, 3.63) is 568 Å². The van der Waals surface area contributed by atoms with Crippen LogP contribution < -0.4 is 16.0 Å². The Balaban J connectivity index is 0.000000100. The summed E-state index contributed by atoms with van der Waals surface area (Å²) in [5, 5.41) is 1.91. The van der Waals surface area contributed by atoms with Crippen molar-refractivity contribution in [1.82, 2.24) is 39.9 Å². The number of fused-ring (bicyclic) bond motifs is 15. The summed E-state index contributed by atoms with van der Waals surface area (Å²) in [4.78, 5) is 35.5. The Labute approximate surface area is 785 Å². The van der Waals surface area contributed by atoms with Crippen LogP contribution in [0.15, 0.2) is 466 Å². The second-order valence-electron chi connectivity index (χ2n) is 36.3.